The predicted octanol–water partition coefficient (Wildman–Crippen LogP) is 6.31. The molecule has 0 amide bonds. The second-order valence-corrected chi connectivity index (χ2v) is 7.26. The van der Waals surface area contributed by atoms with Crippen molar-refractivity contribution in [2.75, 3.05) is 0 Å². The molecule has 23 heavy (non-hydrogen) atoms. The van der Waals surface area contributed by atoms with Gasteiger partial charge >= 0.3 is 12.4 Å². The van der Waals surface area contributed by atoms with Crippen LogP contribution in [-0.2, 0) is 5.41 Å². The summed E-state index contributed by atoms with van der Waals surface area (Å²) in [7, 11) is 0. The maximum atomic E-state index is 13.8. The highest BCUT2D eigenvalue weighted by Gasteiger charge is 2.72. The number of benzene rings is 2. The van der Waals surface area contributed by atoms with Gasteiger partial charge in [-0.2, -0.15) is 26.3 Å². The molecule has 0 aliphatic carbocycles. The summed E-state index contributed by atoms with van der Waals surface area (Å²) in [5.41, 5.74) is -5.75. The molecule has 0 aliphatic heterocycles. The largest absolute Gasteiger partial charge is 0.411 e. The highest BCUT2D eigenvalue weighted by atomic mass is 127. The van der Waals surface area contributed by atoms with Crippen molar-refractivity contribution in [2.24, 2.45) is 0 Å². The lowest BCUT2D eigenvalue weighted by atomic mass is 9.73. The van der Waals surface area contributed by atoms with Crippen LogP contribution in [0.2, 0.25) is 0 Å². The average molecular weight is 556 g/mol. The summed E-state index contributed by atoms with van der Waals surface area (Å²) in [6.07, 6.45) is -11.1. The summed E-state index contributed by atoms with van der Waals surface area (Å²) in [4.78, 5) is 0. The van der Waals surface area contributed by atoms with E-state index in [1.807, 2.05) is 0 Å². The highest BCUT2D eigenvalue weighted by Crippen LogP contribution is 2.56. The molecule has 0 aliphatic rings. The molecule has 2 rings (SSSR count). The van der Waals surface area contributed by atoms with Crippen LogP contribution in [0.15, 0.2) is 48.5 Å². The zero-order chi connectivity index (χ0) is 17.5. The molecule has 0 radical (unpaired) electrons. The summed E-state index contributed by atoms with van der Waals surface area (Å²) < 4.78 is 83.3. The van der Waals surface area contributed by atoms with Crippen LogP contribution in [-0.4, -0.2) is 12.4 Å². The van der Waals surface area contributed by atoms with Gasteiger partial charge in [-0.25, -0.2) is 0 Å². The van der Waals surface area contributed by atoms with Gasteiger partial charge in [-0.05, 0) is 80.6 Å². The minimum absolute atomic E-state index is 0.295. The van der Waals surface area contributed by atoms with E-state index in [2.05, 4.69) is 0 Å². The number of rotatable bonds is 2. The second-order valence-electron chi connectivity index (χ2n) is 4.77. The molecule has 124 valence electrons. The van der Waals surface area contributed by atoms with E-state index in [0.717, 1.165) is 24.3 Å². The van der Waals surface area contributed by atoms with Gasteiger partial charge in [0, 0.05) is 7.14 Å². The fourth-order valence-corrected chi connectivity index (χ4v) is 3.51. The summed E-state index contributed by atoms with van der Waals surface area (Å²) in [5.74, 6) is 0. The molecule has 0 atom stereocenters. The fourth-order valence-electron chi connectivity index (χ4n) is 2.43. The normalized spacial score (nSPS) is 13.2. The Bertz CT molecular complexity index is 644. The molecule has 0 fully saturated rings. The summed E-state index contributed by atoms with van der Waals surface area (Å²) in [5, 5.41) is 0. The maximum Gasteiger partial charge on any atom is 0.411 e. The van der Waals surface area contributed by atoms with Crippen LogP contribution in [0.3, 0.4) is 0 Å². The fraction of sp³-hybridized carbons (Fsp3) is 0.200. The van der Waals surface area contributed by atoms with Crippen LogP contribution in [0.4, 0.5) is 26.3 Å². The van der Waals surface area contributed by atoms with Crippen LogP contribution < -0.4 is 0 Å². The van der Waals surface area contributed by atoms with Crippen LogP contribution in [0.25, 0.3) is 0 Å². The summed E-state index contributed by atoms with van der Waals surface area (Å²) >= 11 is 3.38. The molecule has 8 heteroatoms. The van der Waals surface area contributed by atoms with Gasteiger partial charge in [-0.3, -0.25) is 0 Å². The first-order valence-corrected chi connectivity index (χ1v) is 8.31. The van der Waals surface area contributed by atoms with E-state index in [1.165, 1.54) is 24.3 Å². The summed E-state index contributed by atoms with van der Waals surface area (Å²) in [6, 6.07) is 8.83. The van der Waals surface area contributed by atoms with Crippen molar-refractivity contribution in [3.63, 3.8) is 0 Å². The minimum Gasteiger partial charge on any atom is -0.169 e. The number of hydrogen-bond donors (Lipinski definition) is 0. The van der Waals surface area contributed by atoms with Crippen LogP contribution >= 0.6 is 45.2 Å². The van der Waals surface area contributed by atoms with Gasteiger partial charge < -0.3 is 0 Å². The van der Waals surface area contributed by atoms with Crippen molar-refractivity contribution >= 4 is 45.2 Å². The zero-order valence-electron chi connectivity index (χ0n) is 11.1. The quantitative estimate of drug-likeness (QED) is 0.301. The van der Waals surface area contributed by atoms with E-state index in [4.69, 9.17) is 0 Å². The topological polar surface area (TPSA) is 0 Å². The molecule has 0 spiro atoms. The zero-order valence-corrected chi connectivity index (χ0v) is 15.5. The van der Waals surface area contributed by atoms with Gasteiger partial charge in [-0.15, -0.1) is 0 Å². The molecule has 0 N–H and O–H groups in total. The average Bonchev–Trinajstić information content (AvgIpc) is 2.36. The lowest BCUT2D eigenvalue weighted by molar-refractivity contribution is -0.288. The Balaban J connectivity index is 2.93. The third-order valence-corrected chi connectivity index (χ3v) is 4.71. The van der Waals surface area contributed by atoms with E-state index in [-0.39, 0.29) is 0 Å². The molecule has 2 aromatic rings. The molecule has 0 aromatic heterocycles. The van der Waals surface area contributed by atoms with Crippen molar-refractivity contribution in [1.29, 1.82) is 0 Å². The molecular formula is C15H8F6I2. The standard InChI is InChI=1S/C15H8F6I2/c16-14(17,18)13(15(19,20)21,9-3-1-5-11(22)7-9)10-4-2-6-12(23)8-10/h1-8H. The Morgan fingerprint density at radius 3 is 1.22 bits per heavy atom. The van der Waals surface area contributed by atoms with Crippen molar-refractivity contribution < 1.29 is 26.3 Å². The first-order valence-electron chi connectivity index (χ1n) is 6.15. The van der Waals surface area contributed by atoms with Crippen molar-refractivity contribution in [1.82, 2.24) is 0 Å². The lowest BCUT2D eigenvalue weighted by Crippen LogP contribution is -2.54. The van der Waals surface area contributed by atoms with Gasteiger partial charge in [0.15, 0.2) is 0 Å². The molecule has 0 saturated heterocycles. The van der Waals surface area contributed by atoms with Crippen molar-refractivity contribution in [3.8, 4) is 0 Å². The Kier molecular flexibility index (Phi) is 5.25. The van der Waals surface area contributed by atoms with Crippen LogP contribution in [0.5, 0.6) is 0 Å². The molecule has 0 nitrogen and oxygen atoms in total. The molecule has 0 unspecified atom stereocenters. The Labute approximate surface area is 155 Å². The Morgan fingerprint density at radius 2 is 0.957 bits per heavy atom. The van der Waals surface area contributed by atoms with Gasteiger partial charge in [0.05, 0.1) is 0 Å². The minimum atomic E-state index is -5.54. The van der Waals surface area contributed by atoms with E-state index in [9.17, 15) is 26.3 Å². The number of hydrogen-bond acceptors (Lipinski definition) is 0. The second kappa shape index (κ2) is 6.41. The van der Waals surface area contributed by atoms with Gasteiger partial charge in [-0.1, -0.05) is 24.3 Å². The first kappa shape index (κ1) is 18.8. The summed E-state index contributed by atoms with van der Waals surface area (Å²) in [6.45, 7) is 0. The lowest BCUT2D eigenvalue weighted by Gasteiger charge is -2.38. The van der Waals surface area contributed by atoms with E-state index in [1.54, 1.807) is 45.2 Å². The monoisotopic (exact) mass is 556 g/mol. The molecule has 0 heterocycles. The highest BCUT2D eigenvalue weighted by molar-refractivity contribution is 14.1. The van der Waals surface area contributed by atoms with Crippen molar-refractivity contribution in [3.05, 3.63) is 66.8 Å². The molecule has 0 saturated carbocycles. The van der Waals surface area contributed by atoms with Crippen LogP contribution in [0.1, 0.15) is 11.1 Å². The smallest absolute Gasteiger partial charge is 0.169 e. The molecular weight excluding hydrogens is 548 g/mol. The van der Waals surface area contributed by atoms with E-state index in [0.29, 0.717) is 7.14 Å². The Morgan fingerprint density at radius 1 is 0.609 bits per heavy atom. The SMILES string of the molecule is FC(F)(F)C(c1cccc(I)c1)(c1cccc(I)c1)C(F)(F)F. The van der Waals surface area contributed by atoms with Gasteiger partial charge in [0.2, 0.25) is 5.41 Å². The maximum absolute atomic E-state index is 13.8. The predicted molar refractivity (Wildman–Crippen MR) is 91.2 cm³/mol. The van der Waals surface area contributed by atoms with Crippen molar-refractivity contribution in [2.45, 2.75) is 17.8 Å². The number of halogens is 8. The van der Waals surface area contributed by atoms with E-state index >= 15 is 0 Å². The third kappa shape index (κ3) is 3.33. The first-order chi connectivity index (χ1) is 10.5. The van der Waals surface area contributed by atoms with Gasteiger partial charge in [0.1, 0.15) is 0 Å². The van der Waals surface area contributed by atoms with Crippen LogP contribution in [0, 0.1) is 7.14 Å². The molecule has 0 bridgehead atoms. The molecule has 2 aromatic carbocycles. The van der Waals surface area contributed by atoms with Gasteiger partial charge in [0.25, 0.3) is 0 Å². The third-order valence-electron chi connectivity index (χ3n) is 3.37. The number of alkyl halides is 6. The Hall–Kier alpha value is -0.520. The van der Waals surface area contributed by atoms with E-state index < -0.39 is 28.9 Å².